The molecule has 3 nitrogen and oxygen atoms in total. The molecule has 1 N–H and O–H groups in total. The quantitative estimate of drug-likeness (QED) is 0.328. The molecule has 3 heteroatoms. The summed E-state index contributed by atoms with van der Waals surface area (Å²) in [5.74, 6) is 5.12. The van der Waals surface area contributed by atoms with Crippen molar-refractivity contribution < 1.29 is 14.6 Å². The Kier molecular flexibility index (Phi) is 10.1. The van der Waals surface area contributed by atoms with Crippen molar-refractivity contribution in [1.82, 2.24) is 0 Å². The number of rotatable bonds is 7. The smallest absolute Gasteiger partial charge is 0.331 e. The average molecular weight is 252 g/mol. The number of allylic oxidation sites excluding steroid dienone is 1. The van der Waals surface area contributed by atoms with Crippen LogP contribution >= 0.6 is 0 Å². The fourth-order valence-corrected chi connectivity index (χ4v) is 1.43. The lowest BCUT2D eigenvalue weighted by Gasteiger charge is -2.02. The topological polar surface area (TPSA) is 46.5 Å². The van der Waals surface area contributed by atoms with Crippen molar-refractivity contribution in [2.75, 3.05) is 6.61 Å². The molecule has 0 aliphatic rings. The van der Waals surface area contributed by atoms with E-state index < -0.39 is 6.10 Å². The second-order valence-electron chi connectivity index (χ2n) is 4.21. The van der Waals surface area contributed by atoms with Crippen LogP contribution in [0.2, 0.25) is 0 Å². The second kappa shape index (κ2) is 10.9. The summed E-state index contributed by atoms with van der Waals surface area (Å²) in [7, 11) is 0. The maximum Gasteiger partial charge on any atom is 0.331 e. The summed E-state index contributed by atoms with van der Waals surface area (Å²) in [5, 5.41) is 9.62. The van der Waals surface area contributed by atoms with E-state index in [0.717, 1.165) is 12.8 Å². The minimum Gasteiger partial charge on any atom is -0.463 e. The lowest BCUT2D eigenvalue weighted by Crippen LogP contribution is -2.03. The average Bonchev–Trinajstić information content (AvgIpc) is 2.32. The summed E-state index contributed by atoms with van der Waals surface area (Å²) in [4.78, 5) is 11.1. The van der Waals surface area contributed by atoms with Crippen molar-refractivity contribution in [2.45, 2.75) is 59.0 Å². The van der Waals surface area contributed by atoms with Gasteiger partial charge in [0, 0.05) is 11.6 Å². The van der Waals surface area contributed by atoms with E-state index in [-0.39, 0.29) is 5.97 Å². The number of carbonyl (C=O) groups excluding carboxylic acids is 1. The van der Waals surface area contributed by atoms with E-state index in [4.69, 9.17) is 4.74 Å². The van der Waals surface area contributed by atoms with E-state index in [9.17, 15) is 9.90 Å². The van der Waals surface area contributed by atoms with E-state index in [1.54, 1.807) is 13.8 Å². The standard InChI is InChI=1S/C15H24O3/c1-4-6-7-8-9-14(16)11-10-13(3)12-15(17)18-5-2/h12,14,16H,4-9H2,1-3H3/b13-12+/t14-/m0/s1. The number of ether oxygens (including phenoxy) is 1. The van der Waals surface area contributed by atoms with Gasteiger partial charge in [0.15, 0.2) is 0 Å². The zero-order valence-corrected chi connectivity index (χ0v) is 11.7. The molecule has 0 saturated carbocycles. The largest absolute Gasteiger partial charge is 0.463 e. The Bertz CT molecular complexity index is 320. The molecule has 0 saturated heterocycles. The van der Waals surface area contributed by atoms with Crippen molar-refractivity contribution in [3.05, 3.63) is 11.6 Å². The highest BCUT2D eigenvalue weighted by atomic mass is 16.5. The van der Waals surface area contributed by atoms with Gasteiger partial charge in [-0.25, -0.2) is 4.79 Å². The summed E-state index contributed by atoms with van der Waals surface area (Å²) >= 11 is 0. The third-order valence-electron chi connectivity index (χ3n) is 2.39. The lowest BCUT2D eigenvalue weighted by atomic mass is 10.1. The van der Waals surface area contributed by atoms with Crippen LogP contribution in [0, 0.1) is 11.8 Å². The molecular formula is C15H24O3. The third kappa shape index (κ3) is 9.92. The first kappa shape index (κ1) is 16.7. The van der Waals surface area contributed by atoms with Gasteiger partial charge in [-0.2, -0.15) is 0 Å². The first-order valence-electron chi connectivity index (χ1n) is 6.64. The Morgan fingerprint density at radius 2 is 2.06 bits per heavy atom. The number of aliphatic hydroxyl groups is 1. The number of esters is 1. The van der Waals surface area contributed by atoms with E-state index in [1.165, 1.54) is 18.9 Å². The Morgan fingerprint density at radius 3 is 2.67 bits per heavy atom. The molecule has 0 aliphatic carbocycles. The first-order chi connectivity index (χ1) is 8.60. The first-order valence-corrected chi connectivity index (χ1v) is 6.64. The Balaban J connectivity index is 4.02. The van der Waals surface area contributed by atoms with Gasteiger partial charge in [-0.1, -0.05) is 38.0 Å². The van der Waals surface area contributed by atoms with E-state index >= 15 is 0 Å². The highest BCUT2D eigenvalue weighted by Gasteiger charge is 1.99. The summed E-state index contributed by atoms with van der Waals surface area (Å²) in [6.45, 7) is 6.00. The number of carbonyl (C=O) groups is 1. The maximum absolute atomic E-state index is 11.1. The van der Waals surface area contributed by atoms with Crippen molar-refractivity contribution >= 4 is 5.97 Å². The van der Waals surface area contributed by atoms with Crippen LogP contribution in [0.4, 0.5) is 0 Å². The summed E-state index contributed by atoms with van der Waals surface area (Å²) < 4.78 is 4.77. The molecule has 0 unspecified atom stereocenters. The Labute approximate surface area is 110 Å². The molecule has 0 aromatic carbocycles. The highest BCUT2D eigenvalue weighted by molar-refractivity contribution is 5.83. The van der Waals surface area contributed by atoms with Gasteiger partial charge >= 0.3 is 5.97 Å². The van der Waals surface area contributed by atoms with Crippen molar-refractivity contribution in [2.24, 2.45) is 0 Å². The zero-order valence-electron chi connectivity index (χ0n) is 11.7. The number of unbranched alkanes of at least 4 members (excludes halogenated alkanes) is 3. The molecule has 0 amide bonds. The molecule has 0 rings (SSSR count). The van der Waals surface area contributed by atoms with Crippen molar-refractivity contribution in [1.29, 1.82) is 0 Å². The summed E-state index contributed by atoms with van der Waals surface area (Å²) in [6.07, 6.45) is 5.94. The fourth-order valence-electron chi connectivity index (χ4n) is 1.43. The van der Waals surface area contributed by atoms with E-state index in [1.807, 2.05) is 0 Å². The van der Waals surface area contributed by atoms with Gasteiger partial charge in [-0.05, 0) is 26.7 Å². The molecule has 0 heterocycles. The molecular weight excluding hydrogens is 228 g/mol. The molecule has 0 aromatic heterocycles. The van der Waals surface area contributed by atoms with Gasteiger partial charge in [0.05, 0.1) is 6.61 Å². The van der Waals surface area contributed by atoms with E-state index in [0.29, 0.717) is 18.6 Å². The molecule has 0 aromatic rings. The normalized spacial score (nSPS) is 12.6. The Morgan fingerprint density at radius 1 is 1.33 bits per heavy atom. The van der Waals surface area contributed by atoms with Gasteiger partial charge in [-0.15, -0.1) is 0 Å². The highest BCUT2D eigenvalue weighted by Crippen LogP contribution is 2.05. The van der Waals surface area contributed by atoms with Crippen LogP contribution in [-0.4, -0.2) is 23.8 Å². The van der Waals surface area contributed by atoms with Crippen molar-refractivity contribution in [3.63, 3.8) is 0 Å². The summed E-state index contributed by atoms with van der Waals surface area (Å²) in [5.41, 5.74) is 0.612. The van der Waals surface area contributed by atoms with Crippen LogP contribution in [0.5, 0.6) is 0 Å². The number of aliphatic hydroxyl groups excluding tert-OH is 1. The number of hydrogen-bond donors (Lipinski definition) is 1. The minimum atomic E-state index is -0.604. The van der Waals surface area contributed by atoms with Gasteiger partial charge < -0.3 is 9.84 Å². The monoisotopic (exact) mass is 252 g/mol. The van der Waals surface area contributed by atoms with Gasteiger partial charge in [0.25, 0.3) is 0 Å². The van der Waals surface area contributed by atoms with Gasteiger partial charge in [0.1, 0.15) is 6.10 Å². The molecule has 0 bridgehead atoms. The molecule has 0 aliphatic heterocycles. The van der Waals surface area contributed by atoms with Crippen LogP contribution in [0.25, 0.3) is 0 Å². The van der Waals surface area contributed by atoms with Crippen LogP contribution in [0.15, 0.2) is 11.6 Å². The van der Waals surface area contributed by atoms with Gasteiger partial charge in [0.2, 0.25) is 0 Å². The molecule has 0 spiro atoms. The minimum absolute atomic E-state index is 0.357. The van der Waals surface area contributed by atoms with Crippen LogP contribution < -0.4 is 0 Å². The lowest BCUT2D eigenvalue weighted by molar-refractivity contribution is -0.137. The molecule has 102 valence electrons. The predicted octanol–water partition coefficient (Wildman–Crippen LogP) is 2.83. The van der Waals surface area contributed by atoms with E-state index in [2.05, 4.69) is 18.8 Å². The SMILES string of the molecule is CCCCCC[C@H](O)C#C/C(C)=C/C(=O)OCC. The van der Waals surface area contributed by atoms with Crippen LogP contribution in [0.3, 0.4) is 0 Å². The van der Waals surface area contributed by atoms with Gasteiger partial charge in [-0.3, -0.25) is 0 Å². The fraction of sp³-hybridized carbons (Fsp3) is 0.667. The van der Waals surface area contributed by atoms with Crippen LogP contribution in [0.1, 0.15) is 52.9 Å². The second-order valence-corrected chi connectivity index (χ2v) is 4.21. The molecule has 18 heavy (non-hydrogen) atoms. The molecule has 0 radical (unpaired) electrons. The third-order valence-corrected chi connectivity index (χ3v) is 2.39. The van der Waals surface area contributed by atoms with Crippen LogP contribution in [-0.2, 0) is 9.53 Å². The van der Waals surface area contributed by atoms with Crippen molar-refractivity contribution in [3.8, 4) is 11.8 Å². The molecule has 0 fully saturated rings. The predicted molar refractivity (Wildman–Crippen MR) is 72.9 cm³/mol. The zero-order chi connectivity index (χ0) is 13.8. The molecule has 1 atom stereocenters. The summed E-state index contributed by atoms with van der Waals surface area (Å²) in [6, 6.07) is 0. The Hall–Kier alpha value is -1.27. The number of hydrogen-bond acceptors (Lipinski definition) is 3. The maximum atomic E-state index is 11.1.